The maximum atomic E-state index is 5.33. The van der Waals surface area contributed by atoms with Gasteiger partial charge in [-0.05, 0) is 63.5 Å². The molecule has 0 N–H and O–H groups in total. The summed E-state index contributed by atoms with van der Waals surface area (Å²) < 4.78 is 4.45. The molecule has 0 aliphatic rings. The Kier molecular flexibility index (Phi) is 5.76. The van der Waals surface area contributed by atoms with Crippen LogP contribution in [-0.4, -0.2) is 28.7 Å². The number of aryl methyl sites for hydroxylation is 2. The zero-order valence-electron chi connectivity index (χ0n) is 24.6. The van der Waals surface area contributed by atoms with Gasteiger partial charge in [-0.3, -0.25) is 9.97 Å². The quantitative estimate of drug-likeness (QED) is 0.133. The molecule has 44 heavy (non-hydrogen) atoms. The Morgan fingerprint density at radius 2 is 1.27 bits per heavy atom. The van der Waals surface area contributed by atoms with Gasteiger partial charge in [-0.25, -0.2) is 9.97 Å². The molecule has 0 aliphatic carbocycles. The average molecular weight is 750 g/mol. The standard InChI is InChI=1S/C37H26N6.Pt/c1-21-22(2)42-30-18-20-32(41-34(30)23-11-5-6-12-24(23)35(42)38-21)37(3,4)31-19-17-26-33(40-31)25-13-7-9-15-28(25)43-29-16-10-8-14-27(29)39-36(26)43;/h5-10,12,14-20H,1-4H3;/q-2;+2. The van der Waals surface area contributed by atoms with E-state index in [9.17, 15) is 0 Å². The first-order valence-corrected chi connectivity index (χ1v) is 14.5. The van der Waals surface area contributed by atoms with Crippen LogP contribution in [0.1, 0.15) is 36.6 Å². The smallest absolute Gasteiger partial charge is 0.335 e. The molecule has 6 heterocycles. The van der Waals surface area contributed by atoms with Crippen LogP contribution in [0.15, 0.2) is 84.9 Å². The van der Waals surface area contributed by atoms with Crippen molar-refractivity contribution in [2.45, 2.75) is 33.1 Å². The van der Waals surface area contributed by atoms with Crippen molar-refractivity contribution in [1.29, 1.82) is 0 Å². The summed E-state index contributed by atoms with van der Waals surface area (Å²) in [5.41, 5.74) is 11.3. The molecule has 9 rings (SSSR count). The van der Waals surface area contributed by atoms with Crippen LogP contribution < -0.4 is 0 Å². The van der Waals surface area contributed by atoms with Crippen molar-refractivity contribution in [3.05, 3.63) is 120 Å². The molecule has 0 radical (unpaired) electrons. The third kappa shape index (κ3) is 3.52. The van der Waals surface area contributed by atoms with Gasteiger partial charge in [0, 0.05) is 44.4 Å². The second kappa shape index (κ2) is 9.41. The Hall–Kier alpha value is -4.67. The van der Waals surface area contributed by atoms with Crippen molar-refractivity contribution in [3.8, 4) is 0 Å². The van der Waals surface area contributed by atoms with Crippen molar-refractivity contribution < 1.29 is 21.1 Å². The van der Waals surface area contributed by atoms with E-state index in [-0.39, 0.29) is 21.1 Å². The van der Waals surface area contributed by atoms with E-state index < -0.39 is 5.41 Å². The fraction of sp³-hybridized carbons (Fsp3) is 0.135. The summed E-state index contributed by atoms with van der Waals surface area (Å²) in [6.07, 6.45) is 0. The molecular weight excluding hydrogens is 724 g/mol. The largest absolute Gasteiger partial charge is 2.00 e. The molecule has 0 amide bonds. The van der Waals surface area contributed by atoms with Crippen molar-refractivity contribution >= 4 is 65.9 Å². The van der Waals surface area contributed by atoms with Crippen LogP contribution in [0.25, 0.3) is 65.9 Å². The molecule has 7 heteroatoms. The van der Waals surface area contributed by atoms with E-state index in [4.69, 9.17) is 19.9 Å². The zero-order chi connectivity index (χ0) is 29.0. The molecule has 0 bridgehead atoms. The maximum Gasteiger partial charge on any atom is 2.00 e. The molecule has 0 atom stereocenters. The van der Waals surface area contributed by atoms with Gasteiger partial charge in [-0.2, -0.15) is 0 Å². The van der Waals surface area contributed by atoms with Crippen LogP contribution >= 0.6 is 0 Å². The zero-order valence-corrected chi connectivity index (χ0v) is 26.9. The number of pyridine rings is 4. The first kappa shape index (κ1) is 26.9. The number of benzene rings is 3. The predicted molar refractivity (Wildman–Crippen MR) is 173 cm³/mol. The summed E-state index contributed by atoms with van der Waals surface area (Å²) in [4.78, 5) is 20.6. The molecule has 0 unspecified atom stereocenters. The minimum atomic E-state index is -0.480. The van der Waals surface area contributed by atoms with Crippen LogP contribution in [0.4, 0.5) is 0 Å². The van der Waals surface area contributed by atoms with Crippen LogP contribution in [-0.2, 0) is 26.5 Å². The second-order valence-electron chi connectivity index (χ2n) is 11.9. The maximum absolute atomic E-state index is 5.33. The summed E-state index contributed by atoms with van der Waals surface area (Å²) >= 11 is 0. The summed E-state index contributed by atoms with van der Waals surface area (Å²) in [6.45, 7) is 8.57. The number of fused-ring (bicyclic) bond motifs is 14. The Bertz CT molecular complexity index is 2630. The SMILES string of the molecule is Cc1nc2c3ccc[c-]c3c3nc(C(C)(C)c4ccc5c(n4)c4[c-]cccc4n4c6ccccc6nc54)ccc3n2c1C.[Pt+2]. The number of hydrogen-bond donors (Lipinski definition) is 0. The van der Waals surface area contributed by atoms with Gasteiger partial charge in [-0.1, -0.05) is 23.6 Å². The number of nitrogens with zero attached hydrogens (tertiary/aromatic N) is 6. The van der Waals surface area contributed by atoms with Crippen LogP contribution in [0, 0.1) is 26.0 Å². The number of rotatable bonds is 2. The molecule has 0 saturated heterocycles. The molecule has 3 aromatic carbocycles. The van der Waals surface area contributed by atoms with Gasteiger partial charge in [-0.15, -0.1) is 59.3 Å². The normalized spacial score (nSPS) is 12.4. The van der Waals surface area contributed by atoms with Crippen LogP contribution in [0.2, 0.25) is 0 Å². The molecule has 6 nitrogen and oxygen atoms in total. The van der Waals surface area contributed by atoms with Crippen molar-refractivity contribution in [2.24, 2.45) is 0 Å². The molecule has 6 aromatic heterocycles. The second-order valence-corrected chi connectivity index (χ2v) is 11.9. The van der Waals surface area contributed by atoms with Gasteiger partial charge < -0.3 is 8.80 Å². The summed E-state index contributed by atoms with van der Waals surface area (Å²) in [5, 5.41) is 4.02. The average Bonchev–Trinajstić information content (AvgIpc) is 3.58. The van der Waals surface area contributed by atoms with Crippen LogP contribution in [0.5, 0.6) is 0 Å². The monoisotopic (exact) mass is 749 g/mol. The first-order valence-electron chi connectivity index (χ1n) is 14.5. The number of para-hydroxylation sites is 2. The van der Waals surface area contributed by atoms with Crippen molar-refractivity contribution in [2.75, 3.05) is 0 Å². The third-order valence-corrected chi connectivity index (χ3v) is 9.08. The molecule has 9 aromatic rings. The van der Waals surface area contributed by atoms with Gasteiger partial charge in [0.1, 0.15) is 11.3 Å². The Balaban J connectivity index is 0.00000289. The third-order valence-electron chi connectivity index (χ3n) is 9.08. The fourth-order valence-electron chi connectivity index (χ4n) is 6.63. The summed E-state index contributed by atoms with van der Waals surface area (Å²) in [5.74, 6) is 0. The van der Waals surface area contributed by atoms with Gasteiger partial charge in [0.25, 0.3) is 0 Å². The van der Waals surface area contributed by atoms with Gasteiger partial charge >= 0.3 is 21.1 Å². The van der Waals surface area contributed by atoms with Crippen molar-refractivity contribution in [3.63, 3.8) is 0 Å². The van der Waals surface area contributed by atoms with E-state index in [1.165, 1.54) is 0 Å². The van der Waals surface area contributed by atoms with Gasteiger partial charge in [0.05, 0.1) is 16.7 Å². The molecule has 0 fully saturated rings. The Labute approximate surface area is 267 Å². The minimum Gasteiger partial charge on any atom is -0.335 e. The summed E-state index contributed by atoms with van der Waals surface area (Å²) in [6, 6.07) is 36.0. The molecule has 0 spiro atoms. The van der Waals surface area contributed by atoms with Gasteiger partial charge in [0.15, 0.2) is 0 Å². The number of imidazole rings is 2. The van der Waals surface area contributed by atoms with E-state index in [1.807, 2.05) is 30.3 Å². The summed E-state index contributed by atoms with van der Waals surface area (Å²) in [7, 11) is 0. The van der Waals surface area contributed by atoms with Crippen molar-refractivity contribution in [1.82, 2.24) is 28.7 Å². The van der Waals surface area contributed by atoms with E-state index in [2.05, 4.69) is 103 Å². The van der Waals surface area contributed by atoms with E-state index in [1.54, 1.807) is 0 Å². The molecule has 0 saturated carbocycles. The number of aromatic nitrogens is 6. The Morgan fingerprint density at radius 1 is 0.591 bits per heavy atom. The van der Waals surface area contributed by atoms with E-state index in [0.717, 1.165) is 88.7 Å². The van der Waals surface area contributed by atoms with E-state index in [0.29, 0.717) is 0 Å². The minimum absolute atomic E-state index is 0. The van der Waals surface area contributed by atoms with Crippen LogP contribution in [0.3, 0.4) is 0 Å². The van der Waals surface area contributed by atoms with Gasteiger partial charge in [0.2, 0.25) is 0 Å². The fourth-order valence-corrected chi connectivity index (χ4v) is 6.63. The molecular formula is C37H26N6Pt. The predicted octanol–water partition coefficient (Wildman–Crippen LogP) is 8.08. The topological polar surface area (TPSA) is 60.4 Å². The molecule has 214 valence electrons. The molecule has 0 aliphatic heterocycles. The Morgan fingerprint density at radius 3 is 2.11 bits per heavy atom. The van der Waals surface area contributed by atoms with E-state index >= 15 is 0 Å². The first-order chi connectivity index (χ1) is 20.9. The number of hydrogen-bond acceptors (Lipinski definition) is 4.